The Bertz CT molecular complexity index is 949. The monoisotopic (exact) mass is 437 g/mol. The van der Waals surface area contributed by atoms with Gasteiger partial charge in [-0.1, -0.05) is 12.1 Å². The van der Waals surface area contributed by atoms with Gasteiger partial charge in [0, 0.05) is 31.0 Å². The highest BCUT2D eigenvalue weighted by molar-refractivity contribution is 5.98. The number of aromatic nitrogens is 2. The van der Waals surface area contributed by atoms with Crippen LogP contribution in [0.4, 0.5) is 16.4 Å². The van der Waals surface area contributed by atoms with Gasteiger partial charge in [-0.15, -0.1) is 0 Å². The molecule has 0 bridgehead atoms. The van der Waals surface area contributed by atoms with Crippen molar-refractivity contribution in [2.75, 3.05) is 10.6 Å². The van der Waals surface area contributed by atoms with Crippen LogP contribution in [0.25, 0.3) is 0 Å². The SMILES string of the molecule is NCc1cccc(NC(=O)Nc2ncc(C3CCC4CC(CC(=O)O)CCC4C3)cn2)c1. The number of carbonyl (C=O) groups is 2. The Morgan fingerprint density at radius 3 is 2.53 bits per heavy atom. The highest BCUT2D eigenvalue weighted by atomic mass is 16.4. The van der Waals surface area contributed by atoms with E-state index >= 15 is 0 Å². The van der Waals surface area contributed by atoms with Crippen LogP contribution in [0.15, 0.2) is 36.7 Å². The van der Waals surface area contributed by atoms with Gasteiger partial charge < -0.3 is 16.2 Å². The maximum atomic E-state index is 12.2. The maximum absolute atomic E-state index is 12.2. The number of anilines is 2. The number of amides is 2. The van der Waals surface area contributed by atoms with Crippen molar-refractivity contribution in [3.63, 3.8) is 0 Å². The smallest absolute Gasteiger partial charge is 0.326 e. The second-order valence-electron chi connectivity index (χ2n) is 9.13. The van der Waals surface area contributed by atoms with Gasteiger partial charge in [0.25, 0.3) is 0 Å². The maximum Gasteiger partial charge on any atom is 0.326 e. The molecule has 170 valence electrons. The average molecular weight is 438 g/mol. The topological polar surface area (TPSA) is 130 Å². The van der Waals surface area contributed by atoms with Crippen LogP contribution in [0, 0.1) is 17.8 Å². The lowest BCUT2D eigenvalue weighted by Crippen LogP contribution is -2.31. The van der Waals surface area contributed by atoms with Gasteiger partial charge in [0.2, 0.25) is 5.95 Å². The highest BCUT2D eigenvalue weighted by Gasteiger charge is 2.36. The molecule has 4 atom stereocenters. The minimum absolute atomic E-state index is 0.268. The number of urea groups is 1. The first-order chi connectivity index (χ1) is 15.5. The fraction of sp³-hybridized carbons (Fsp3) is 0.500. The van der Waals surface area contributed by atoms with Crippen LogP contribution in [0.5, 0.6) is 0 Å². The number of carboxylic acid groups (broad SMARTS) is 1. The van der Waals surface area contributed by atoms with Gasteiger partial charge in [0.15, 0.2) is 0 Å². The summed E-state index contributed by atoms with van der Waals surface area (Å²) in [5, 5.41) is 14.5. The Morgan fingerprint density at radius 1 is 1.03 bits per heavy atom. The molecule has 2 aliphatic rings. The Labute approximate surface area is 188 Å². The predicted octanol–water partition coefficient (Wildman–Crippen LogP) is 4.35. The van der Waals surface area contributed by atoms with Crippen LogP contribution in [0.1, 0.15) is 62.0 Å². The number of rotatable bonds is 6. The molecular formula is C24H31N5O3. The van der Waals surface area contributed by atoms with Crippen LogP contribution in [0.2, 0.25) is 0 Å². The summed E-state index contributed by atoms with van der Waals surface area (Å²) in [6.07, 6.45) is 10.4. The first kappa shape index (κ1) is 22.2. The molecule has 2 aliphatic carbocycles. The van der Waals surface area contributed by atoms with Crippen LogP contribution in [0.3, 0.4) is 0 Å². The molecular weight excluding hydrogens is 406 g/mol. The number of fused-ring (bicyclic) bond motifs is 1. The summed E-state index contributed by atoms with van der Waals surface area (Å²) in [4.78, 5) is 32.0. The normalized spacial score (nSPS) is 24.9. The van der Waals surface area contributed by atoms with Gasteiger partial charge >= 0.3 is 12.0 Å². The van der Waals surface area contributed by atoms with Gasteiger partial charge in [-0.25, -0.2) is 14.8 Å². The number of hydrogen-bond donors (Lipinski definition) is 4. The van der Waals surface area contributed by atoms with E-state index in [1.54, 1.807) is 6.07 Å². The lowest BCUT2D eigenvalue weighted by atomic mass is 9.63. The molecule has 32 heavy (non-hydrogen) atoms. The summed E-state index contributed by atoms with van der Waals surface area (Å²) < 4.78 is 0. The van der Waals surface area contributed by atoms with Crippen molar-refractivity contribution in [1.82, 2.24) is 9.97 Å². The number of nitrogens with two attached hydrogens (primary N) is 1. The quantitative estimate of drug-likeness (QED) is 0.531. The summed E-state index contributed by atoms with van der Waals surface area (Å²) >= 11 is 0. The van der Waals surface area contributed by atoms with Crippen molar-refractivity contribution in [2.24, 2.45) is 23.5 Å². The molecule has 8 nitrogen and oxygen atoms in total. The number of carboxylic acids is 1. The molecule has 0 aliphatic heterocycles. The standard InChI is InChI=1S/C24H31N5O3/c25-12-16-2-1-3-21(9-16)28-24(32)29-23-26-13-20(14-27-23)19-7-6-17-8-15(10-22(30)31)4-5-18(17)11-19/h1-3,9,13-15,17-19H,4-8,10-12,25H2,(H,30,31)(H2,26,27,28,29,32). The Balaban J connectivity index is 1.29. The Kier molecular flexibility index (Phi) is 6.99. The van der Waals surface area contributed by atoms with Crippen LogP contribution in [-0.2, 0) is 11.3 Å². The van der Waals surface area contributed by atoms with E-state index in [-0.39, 0.29) is 5.95 Å². The molecule has 2 amide bonds. The molecule has 1 heterocycles. The minimum atomic E-state index is -0.675. The number of aliphatic carboxylic acids is 1. The molecule has 1 aromatic heterocycles. The Hall–Kier alpha value is -3.00. The third-order valence-corrected chi connectivity index (χ3v) is 6.97. The van der Waals surface area contributed by atoms with Gasteiger partial charge in [0.1, 0.15) is 0 Å². The zero-order chi connectivity index (χ0) is 22.5. The number of carbonyl (C=O) groups excluding carboxylic acids is 1. The minimum Gasteiger partial charge on any atom is -0.481 e. The zero-order valence-corrected chi connectivity index (χ0v) is 18.2. The summed E-state index contributed by atoms with van der Waals surface area (Å²) in [5.74, 6) is 1.66. The third-order valence-electron chi connectivity index (χ3n) is 6.97. The molecule has 8 heteroatoms. The van der Waals surface area contributed by atoms with Gasteiger partial charge in [-0.05, 0) is 85.5 Å². The van der Waals surface area contributed by atoms with Gasteiger partial charge in [-0.2, -0.15) is 0 Å². The van der Waals surface area contributed by atoms with E-state index in [9.17, 15) is 9.59 Å². The first-order valence-electron chi connectivity index (χ1n) is 11.4. The van der Waals surface area contributed by atoms with E-state index in [0.29, 0.717) is 42.3 Å². The molecule has 0 radical (unpaired) electrons. The van der Waals surface area contributed by atoms with Gasteiger partial charge in [0.05, 0.1) is 0 Å². The van der Waals surface area contributed by atoms with E-state index < -0.39 is 12.0 Å². The number of benzene rings is 1. The van der Waals surface area contributed by atoms with Crippen molar-refractivity contribution in [3.8, 4) is 0 Å². The van der Waals surface area contributed by atoms with Crippen LogP contribution < -0.4 is 16.4 Å². The van der Waals surface area contributed by atoms with Crippen molar-refractivity contribution >= 4 is 23.6 Å². The lowest BCUT2D eigenvalue weighted by Gasteiger charge is -2.42. The summed E-state index contributed by atoms with van der Waals surface area (Å²) in [6, 6.07) is 6.98. The van der Waals surface area contributed by atoms with Crippen LogP contribution >= 0.6 is 0 Å². The second-order valence-corrected chi connectivity index (χ2v) is 9.13. The molecule has 2 aromatic rings. The number of nitrogens with one attached hydrogen (secondary N) is 2. The molecule has 4 unspecified atom stereocenters. The van der Waals surface area contributed by atoms with Crippen molar-refractivity contribution < 1.29 is 14.7 Å². The second kappa shape index (κ2) is 10.1. The summed E-state index contributed by atoms with van der Waals surface area (Å²) in [6.45, 7) is 0.410. The summed E-state index contributed by atoms with van der Waals surface area (Å²) in [5.41, 5.74) is 8.35. The molecule has 0 saturated heterocycles. The molecule has 5 N–H and O–H groups in total. The van der Waals surface area contributed by atoms with E-state index in [0.717, 1.165) is 49.7 Å². The fourth-order valence-electron chi connectivity index (χ4n) is 5.37. The fourth-order valence-corrected chi connectivity index (χ4v) is 5.37. The van der Waals surface area contributed by atoms with E-state index in [1.807, 2.05) is 30.6 Å². The molecule has 0 spiro atoms. The lowest BCUT2D eigenvalue weighted by molar-refractivity contribution is -0.138. The number of hydrogen-bond acceptors (Lipinski definition) is 5. The van der Waals surface area contributed by atoms with E-state index in [2.05, 4.69) is 20.6 Å². The van der Waals surface area contributed by atoms with Crippen LogP contribution in [-0.4, -0.2) is 27.1 Å². The highest BCUT2D eigenvalue weighted by Crippen LogP contribution is 2.48. The summed E-state index contributed by atoms with van der Waals surface area (Å²) in [7, 11) is 0. The number of nitrogens with zero attached hydrogens (tertiary/aromatic N) is 2. The molecule has 2 fully saturated rings. The van der Waals surface area contributed by atoms with E-state index in [4.69, 9.17) is 10.8 Å². The predicted molar refractivity (Wildman–Crippen MR) is 122 cm³/mol. The van der Waals surface area contributed by atoms with Gasteiger partial charge in [-0.3, -0.25) is 10.1 Å². The average Bonchev–Trinajstić information content (AvgIpc) is 2.79. The molecule has 4 rings (SSSR count). The Morgan fingerprint density at radius 2 is 1.78 bits per heavy atom. The van der Waals surface area contributed by atoms with Crippen molar-refractivity contribution in [3.05, 3.63) is 47.8 Å². The molecule has 1 aromatic carbocycles. The van der Waals surface area contributed by atoms with Crippen molar-refractivity contribution in [1.29, 1.82) is 0 Å². The third kappa shape index (κ3) is 5.62. The largest absolute Gasteiger partial charge is 0.481 e. The first-order valence-corrected chi connectivity index (χ1v) is 11.4. The van der Waals surface area contributed by atoms with E-state index in [1.165, 1.54) is 0 Å². The molecule has 2 saturated carbocycles. The van der Waals surface area contributed by atoms with Crippen molar-refractivity contribution in [2.45, 2.75) is 57.4 Å². The zero-order valence-electron chi connectivity index (χ0n) is 18.2.